The zero-order valence-corrected chi connectivity index (χ0v) is 17.5. The van der Waals surface area contributed by atoms with Crippen molar-refractivity contribution in [2.24, 2.45) is 11.0 Å². The highest BCUT2D eigenvalue weighted by Crippen LogP contribution is 2.23. The molecule has 0 spiro atoms. The standard InChI is InChI=1S/C18H11BrCl2N4O4/c19-9-1-4-11(5-2-9)25-17(28)13(15(26)23-18(25)29)8-22-24-16(27)12-6-3-10(20)7-14(12)21/h1-8,13H,(H,24,27)(H,23,26,29)/b22-8-/t13-/m1/s1. The van der Waals surface area contributed by atoms with Crippen molar-refractivity contribution in [2.75, 3.05) is 4.90 Å². The summed E-state index contributed by atoms with van der Waals surface area (Å²) in [6.07, 6.45) is 0.942. The van der Waals surface area contributed by atoms with E-state index in [1.54, 1.807) is 12.1 Å². The number of amides is 5. The van der Waals surface area contributed by atoms with Crippen molar-refractivity contribution in [3.8, 4) is 0 Å². The van der Waals surface area contributed by atoms with E-state index in [0.29, 0.717) is 5.02 Å². The predicted molar refractivity (Wildman–Crippen MR) is 111 cm³/mol. The number of hydrazone groups is 1. The van der Waals surface area contributed by atoms with E-state index in [2.05, 4.69) is 31.8 Å². The van der Waals surface area contributed by atoms with Crippen LogP contribution in [0.2, 0.25) is 10.0 Å². The van der Waals surface area contributed by atoms with E-state index in [0.717, 1.165) is 15.6 Å². The van der Waals surface area contributed by atoms with Gasteiger partial charge in [0.15, 0.2) is 5.92 Å². The van der Waals surface area contributed by atoms with Crippen LogP contribution in [0.5, 0.6) is 0 Å². The Morgan fingerprint density at radius 3 is 2.48 bits per heavy atom. The number of barbiturate groups is 1. The van der Waals surface area contributed by atoms with Gasteiger partial charge in [-0.1, -0.05) is 39.1 Å². The quantitative estimate of drug-likeness (QED) is 0.383. The molecule has 1 aliphatic heterocycles. The predicted octanol–water partition coefficient (Wildman–Crippen LogP) is 3.37. The van der Waals surface area contributed by atoms with Crippen LogP contribution in [0.25, 0.3) is 0 Å². The van der Waals surface area contributed by atoms with E-state index in [-0.39, 0.29) is 16.3 Å². The number of anilines is 1. The number of hydrogen-bond donors (Lipinski definition) is 2. The minimum absolute atomic E-state index is 0.110. The van der Waals surface area contributed by atoms with Gasteiger partial charge in [-0.15, -0.1) is 0 Å². The Morgan fingerprint density at radius 1 is 1.14 bits per heavy atom. The highest BCUT2D eigenvalue weighted by Gasteiger charge is 2.40. The van der Waals surface area contributed by atoms with Crippen molar-refractivity contribution in [2.45, 2.75) is 0 Å². The van der Waals surface area contributed by atoms with Crippen LogP contribution in [0, 0.1) is 5.92 Å². The number of nitrogens with zero attached hydrogens (tertiary/aromatic N) is 2. The van der Waals surface area contributed by atoms with Crippen LogP contribution in [0.15, 0.2) is 52.0 Å². The minimum atomic E-state index is -1.41. The van der Waals surface area contributed by atoms with E-state index in [1.807, 2.05) is 0 Å². The molecule has 2 aromatic rings. The first-order chi connectivity index (χ1) is 13.8. The second-order valence-corrected chi connectivity index (χ2v) is 7.52. The molecule has 0 saturated carbocycles. The number of benzene rings is 2. The Bertz CT molecular complexity index is 1040. The number of carbonyl (C=O) groups is 4. The fourth-order valence-electron chi connectivity index (χ4n) is 2.46. The molecular weight excluding hydrogens is 487 g/mol. The first-order valence-corrected chi connectivity index (χ1v) is 9.56. The number of hydrogen-bond acceptors (Lipinski definition) is 5. The molecule has 0 radical (unpaired) electrons. The second kappa shape index (κ2) is 8.73. The molecule has 1 fully saturated rings. The van der Waals surface area contributed by atoms with Crippen LogP contribution < -0.4 is 15.6 Å². The maximum absolute atomic E-state index is 12.7. The van der Waals surface area contributed by atoms with Gasteiger partial charge in [-0.05, 0) is 42.5 Å². The van der Waals surface area contributed by atoms with Crippen LogP contribution in [-0.4, -0.2) is 30.0 Å². The fourth-order valence-corrected chi connectivity index (χ4v) is 3.22. The summed E-state index contributed by atoms with van der Waals surface area (Å²) >= 11 is 15.0. The zero-order chi connectivity index (χ0) is 21.1. The maximum Gasteiger partial charge on any atom is 0.335 e. The van der Waals surface area contributed by atoms with E-state index in [9.17, 15) is 19.2 Å². The molecule has 1 atom stereocenters. The van der Waals surface area contributed by atoms with Crippen LogP contribution in [0.4, 0.5) is 10.5 Å². The van der Waals surface area contributed by atoms with Crippen molar-refractivity contribution in [1.82, 2.24) is 10.7 Å². The number of urea groups is 1. The van der Waals surface area contributed by atoms with Crippen molar-refractivity contribution in [3.05, 3.63) is 62.5 Å². The molecule has 0 aromatic heterocycles. The van der Waals surface area contributed by atoms with Gasteiger partial charge in [0, 0.05) is 15.7 Å². The van der Waals surface area contributed by atoms with Gasteiger partial charge >= 0.3 is 6.03 Å². The Balaban J connectivity index is 1.75. The summed E-state index contributed by atoms with van der Waals surface area (Å²) in [7, 11) is 0. The smallest absolute Gasteiger partial charge is 0.276 e. The molecule has 0 unspecified atom stereocenters. The Morgan fingerprint density at radius 2 is 1.83 bits per heavy atom. The lowest BCUT2D eigenvalue weighted by molar-refractivity contribution is -0.131. The van der Waals surface area contributed by atoms with Gasteiger partial charge in [0.1, 0.15) is 0 Å². The van der Waals surface area contributed by atoms with E-state index in [1.165, 1.54) is 30.3 Å². The fraction of sp³-hybridized carbons (Fsp3) is 0.0556. The van der Waals surface area contributed by atoms with Crippen LogP contribution in [0.3, 0.4) is 0 Å². The average Bonchev–Trinajstić information content (AvgIpc) is 2.65. The van der Waals surface area contributed by atoms with Gasteiger partial charge < -0.3 is 0 Å². The highest BCUT2D eigenvalue weighted by atomic mass is 79.9. The highest BCUT2D eigenvalue weighted by molar-refractivity contribution is 9.10. The first-order valence-electron chi connectivity index (χ1n) is 8.01. The summed E-state index contributed by atoms with van der Waals surface area (Å²) in [6, 6.07) is 9.77. The molecule has 1 aliphatic rings. The van der Waals surface area contributed by atoms with Crippen molar-refractivity contribution in [3.63, 3.8) is 0 Å². The molecule has 11 heteroatoms. The summed E-state index contributed by atoms with van der Waals surface area (Å²) < 4.78 is 0.754. The monoisotopic (exact) mass is 496 g/mol. The lowest BCUT2D eigenvalue weighted by atomic mass is 10.1. The van der Waals surface area contributed by atoms with Gasteiger partial charge in [0.2, 0.25) is 5.91 Å². The molecule has 0 aliphatic carbocycles. The normalized spacial score (nSPS) is 16.9. The summed E-state index contributed by atoms with van der Waals surface area (Å²) in [6.45, 7) is 0. The summed E-state index contributed by atoms with van der Waals surface area (Å²) in [5.41, 5.74) is 2.57. The number of rotatable bonds is 4. The third kappa shape index (κ3) is 4.64. The van der Waals surface area contributed by atoms with Gasteiger partial charge in [0.25, 0.3) is 11.8 Å². The molecule has 2 aromatic carbocycles. The van der Waals surface area contributed by atoms with E-state index >= 15 is 0 Å². The summed E-state index contributed by atoms with van der Waals surface area (Å²) in [5, 5.41) is 6.22. The van der Waals surface area contributed by atoms with Crippen LogP contribution >= 0.6 is 39.1 Å². The Hall–Kier alpha value is -2.75. The third-order valence-electron chi connectivity index (χ3n) is 3.85. The second-order valence-electron chi connectivity index (χ2n) is 5.77. The van der Waals surface area contributed by atoms with Crippen LogP contribution in [-0.2, 0) is 9.59 Å². The SMILES string of the molecule is O=C(N/N=C\[C@@H]1C(=O)NC(=O)N(c2ccc(Br)cc2)C1=O)c1ccc(Cl)cc1Cl. The lowest BCUT2D eigenvalue weighted by Gasteiger charge is -2.28. The molecule has 5 amide bonds. The number of halogens is 3. The minimum Gasteiger partial charge on any atom is -0.276 e. The lowest BCUT2D eigenvalue weighted by Crippen LogP contribution is -2.58. The molecule has 1 heterocycles. The van der Waals surface area contributed by atoms with E-state index < -0.39 is 29.7 Å². The Labute approximate surface area is 183 Å². The maximum atomic E-state index is 12.7. The topological polar surface area (TPSA) is 108 Å². The first kappa shape index (κ1) is 21.0. The summed E-state index contributed by atoms with van der Waals surface area (Å²) in [5.74, 6) is -3.72. The molecule has 0 bridgehead atoms. The molecule has 2 N–H and O–H groups in total. The molecular formula is C18H11BrCl2N4O4. The molecule has 1 saturated heterocycles. The van der Waals surface area contributed by atoms with Gasteiger partial charge in [-0.3, -0.25) is 19.7 Å². The van der Waals surface area contributed by atoms with E-state index in [4.69, 9.17) is 23.2 Å². The van der Waals surface area contributed by atoms with Gasteiger partial charge in [0.05, 0.1) is 16.3 Å². The third-order valence-corrected chi connectivity index (χ3v) is 4.93. The van der Waals surface area contributed by atoms with Crippen molar-refractivity contribution < 1.29 is 19.2 Å². The largest absolute Gasteiger partial charge is 0.335 e. The molecule has 148 valence electrons. The summed E-state index contributed by atoms with van der Waals surface area (Å²) in [4.78, 5) is 49.8. The zero-order valence-electron chi connectivity index (χ0n) is 14.4. The Kier molecular flexibility index (Phi) is 6.31. The molecule has 8 nitrogen and oxygen atoms in total. The van der Waals surface area contributed by atoms with Crippen molar-refractivity contribution >= 4 is 74.8 Å². The van der Waals surface area contributed by atoms with Crippen LogP contribution in [0.1, 0.15) is 10.4 Å². The molecule has 3 rings (SSSR count). The number of imide groups is 2. The number of carbonyl (C=O) groups excluding carboxylic acids is 4. The number of nitrogens with one attached hydrogen (secondary N) is 2. The average molecular weight is 498 g/mol. The van der Waals surface area contributed by atoms with Crippen molar-refractivity contribution in [1.29, 1.82) is 0 Å². The van der Waals surface area contributed by atoms with Gasteiger partial charge in [-0.2, -0.15) is 5.10 Å². The molecule has 29 heavy (non-hydrogen) atoms. The van der Waals surface area contributed by atoms with Gasteiger partial charge in [-0.25, -0.2) is 15.1 Å².